The third-order valence-electron chi connectivity index (χ3n) is 4.28. The number of aryl methyl sites for hydroxylation is 1. The SMILES string of the molecule is CCCc1ccc(S(=O)(=O)NCCc2n[nH]c(Cc3ccc(F)cc3)n2)cc1. The van der Waals surface area contributed by atoms with Gasteiger partial charge < -0.3 is 0 Å². The Morgan fingerprint density at radius 1 is 1.00 bits per heavy atom. The molecule has 0 unspecified atom stereocenters. The zero-order valence-corrected chi connectivity index (χ0v) is 16.5. The first kappa shape index (κ1) is 20.2. The molecule has 28 heavy (non-hydrogen) atoms. The molecule has 0 saturated heterocycles. The van der Waals surface area contributed by atoms with Gasteiger partial charge in [0.1, 0.15) is 11.6 Å². The van der Waals surface area contributed by atoms with E-state index in [1.165, 1.54) is 12.1 Å². The first-order valence-corrected chi connectivity index (χ1v) is 10.7. The van der Waals surface area contributed by atoms with Gasteiger partial charge in [-0.25, -0.2) is 22.5 Å². The zero-order valence-electron chi connectivity index (χ0n) is 15.7. The van der Waals surface area contributed by atoms with Gasteiger partial charge in [-0.15, -0.1) is 0 Å². The van der Waals surface area contributed by atoms with Gasteiger partial charge in [-0.3, -0.25) is 5.10 Å². The fraction of sp³-hybridized carbons (Fsp3) is 0.300. The highest BCUT2D eigenvalue weighted by Gasteiger charge is 2.14. The van der Waals surface area contributed by atoms with Crippen LogP contribution >= 0.6 is 0 Å². The molecule has 6 nitrogen and oxygen atoms in total. The van der Waals surface area contributed by atoms with Crippen LogP contribution in [0.15, 0.2) is 53.4 Å². The Balaban J connectivity index is 1.53. The van der Waals surface area contributed by atoms with Crippen LogP contribution in [0, 0.1) is 5.82 Å². The summed E-state index contributed by atoms with van der Waals surface area (Å²) in [4.78, 5) is 4.61. The van der Waals surface area contributed by atoms with Gasteiger partial charge in [0.25, 0.3) is 0 Å². The number of sulfonamides is 1. The molecule has 0 atom stereocenters. The summed E-state index contributed by atoms with van der Waals surface area (Å²) >= 11 is 0. The van der Waals surface area contributed by atoms with Crippen LogP contribution < -0.4 is 4.72 Å². The molecule has 2 N–H and O–H groups in total. The lowest BCUT2D eigenvalue weighted by atomic mass is 10.1. The first-order valence-electron chi connectivity index (χ1n) is 9.19. The minimum absolute atomic E-state index is 0.201. The summed E-state index contributed by atoms with van der Waals surface area (Å²) in [6, 6.07) is 13.1. The average molecular weight is 402 g/mol. The number of rotatable bonds is 9. The summed E-state index contributed by atoms with van der Waals surface area (Å²) in [6.45, 7) is 2.28. The minimum Gasteiger partial charge on any atom is -0.263 e. The topological polar surface area (TPSA) is 87.7 Å². The quantitative estimate of drug-likeness (QED) is 0.576. The third kappa shape index (κ3) is 5.46. The number of H-pyrrole nitrogens is 1. The Labute approximate surface area is 164 Å². The Morgan fingerprint density at radius 2 is 1.68 bits per heavy atom. The van der Waals surface area contributed by atoms with Crippen molar-refractivity contribution in [3.8, 4) is 0 Å². The van der Waals surface area contributed by atoms with Gasteiger partial charge in [0.15, 0.2) is 5.82 Å². The Hall–Kier alpha value is -2.58. The van der Waals surface area contributed by atoms with Crippen LogP contribution in [0.4, 0.5) is 4.39 Å². The number of hydrogen-bond donors (Lipinski definition) is 2. The predicted molar refractivity (Wildman–Crippen MR) is 105 cm³/mol. The predicted octanol–water partition coefficient (Wildman–Crippen LogP) is 3.01. The van der Waals surface area contributed by atoms with Gasteiger partial charge in [-0.1, -0.05) is 37.6 Å². The van der Waals surface area contributed by atoms with Crippen molar-refractivity contribution in [2.75, 3.05) is 6.54 Å². The third-order valence-corrected chi connectivity index (χ3v) is 5.75. The van der Waals surface area contributed by atoms with Gasteiger partial charge in [-0.2, -0.15) is 5.10 Å². The molecule has 1 aromatic heterocycles. The van der Waals surface area contributed by atoms with Gasteiger partial charge in [0, 0.05) is 19.4 Å². The largest absolute Gasteiger partial charge is 0.263 e. The van der Waals surface area contributed by atoms with Gasteiger partial charge in [0.2, 0.25) is 10.0 Å². The maximum atomic E-state index is 13.0. The maximum Gasteiger partial charge on any atom is 0.240 e. The molecule has 0 spiro atoms. The van der Waals surface area contributed by atoms with Crippen LogP contribution in [0.2, 0.25) is 0 Å². The van der Waals surface area contributed by atoms with E-state index >= 15 is 0 Å². The molecule has 2 aromatic carbocycles. The first-order chi connectivity index (χ1) is 13.5. The Morgan fingerprint density at radius 3 is 2.36 bits per heavy atom. The molecule has 0 aliphatic rings. The van der Waals surface area contributed by atoms with Crippen molar-refractivity contribution in [2.45, 2.75) is 37.5 Å². The highest BCUT2D eigenvalue weighted by Crippen LogP contribution is 2.12. The molecular formula is C20H23FN4O2S. The average Bonchev–Trinajstić information content (AvgIpc) is 3.11. The number of hydrogen-bond acceptors (Lipinski definition) is 4. The molecule has 0 bridgehead atoms. The number of aromatic nitrogens is 3. The number of benzene rings is 2. The highest BCUT2D eigenvalue weighted by molar-refractivity contribution is 7.89. The van der Waals surface area contributed by atoms with E-state index in [9.17, 15) is 12.8 Å². The Bertz CT molecular complexity index is 999. The van der Waals surface area contributed by atoms with Crippen molar-refractivity contribution < 1.29 is 12.8 Å². The molecule has 3 aromatic rings. The normalized spacial score (nSPS) is 11.6. The van der Waals surface area contributed by atoms with Gasteiger partial charge in [-0.05, 0) is 41.8 Å². The van der Waals surface area contributed by atoms with Crippen molar-refractivity contribution in [3.05, 3.63) is 77.1 Å². The molecule has 1 heterocycles. The summed E-state index contributed by atoms with van der Waals surface area (Å²) in [7, 11) is -3.56. The minimum atomic E-state index is -3.56. The molecule has 3 rings (SSSR count). The lowest BCUT2D eigenvalue weighted by Crippen LogP contribution is -2.26. The second-order valence-corrected chi connectivity index (χ2v) is 8.31. The standard InChI is InChI=1S/C20H23FN4O2S/c1-2-3-15-6-10-18(11-7-15)28(26,27)22-13-12-19-23-20(25-24-19)14-16-4-8-17(21)9-5-16/h4-11,22H,2-3,12-14H2,1H3,(H,23,24,25). The number of nitrogens with one attached hydrogen (secondary N) is 2. The lowest BCUT2D eigenvalue weighted by molar-refractivity contribution is 0.581. The number of halogens is 1. The van der Waals surface area contributed by atoms with Crippen molar-refractivity contribution in [1.29, 1.82) is 0 Å². The highest BCUT2D eigenvalue weighted by atomic mass is 32.2. The van der Waals surface area contributed by atoms with Crippen molar-refractivity contribution >= 4 is 10.0 Å². The second-order valence-electron chi connectivity index (χ2n) is 6.54. The summed E-state index contributed by atoms with van der Waals surface area (Å²) in [5.41, 5.74) is 2.03. The van der Waals surface area contributed by atoms with Crippen molar-refractivity contribution in [1.82, 2.24) is 19.9 Å². The van der Waals surface area contributed by atoms with Crippen molar-refractivity contribution in [3.63, 3.8) is 0 Å². The van der Waals surface area contributed by atoms with E-state index in [1.807, 2.05) is 12.1 Å². The monoisotopic (exact) mass is 402 g/mol. The molecule has 0 amide bonds. The van der Waals surface area contributed by atoms with Crippen LogP contribution in [0.3, 0.4) is 0 Å². The van der Waals surface area contributed by atoms with E-state index < -0.39 is 10.0 Å². The molecule has 0 radical (unpaired) electrons. The second kappa shape index (κ2) is 9.07. The van der Waals surface area contributed by atoms with Crippen molar-refractivity contribution in [2.24, 2.45) is 0 Å². The zero-order chi connectivity index (χ0) is 20.0. The van der Waals surface area contributed by atoms with Gasteiger partial charge in [0.05, 0.1) is 4.90 Å². The van der Waals surface area contributed by atoms with Crippen LogP contribution in [-0.2, 0) is 29.3 Å². The molecule has 0 fully saturated rings. The number of aromatic amines is 1. The molecular weight excluding hydrogens is 379 g/mol. The van der Waals surface area contributed by atoms with Crippen LogP contribution in [-0.4, -0.2) is 30.1 Å². The summed E-state index contributed by atoms with van der Waals surface area (Å²) in [6.07, 6.45) is 2.82. The maximum absolute atomic E-state index is 13.0. The molecule has 148 valence electrons. The van der Waals surface area contributed by atoms with E-state index in [1.54, 1.807) is 24.3 Å². The summed E-state index contributed by atoms with van der Waals surface area (Å²) in [5.74, 6) is 0.892. The van der Waals surface area contributed by atoms with E-state index in [2.05, 4.69) is 26.8 Å². The smallest absolute Gasteiger partial charge is 0.240 e. The van der Waals surface area contributed by atoms with E-state index in [-0.39, 0.29) is 17.3 Å². The van der Waals surface area contributed by atoms with E-state index in [0.29, 0.717) is 24.5 Å². The molecule has 0 aliphatic heterocycles. The van der Waals surface area contributed by atoms with Crippen LogP contribution in [0.5, 0.6) is 0 Å². The molecule has 8 heteroatoms. The van der Waals surface area contributed by atoms with Gasteiger partial charge >= 0.3 is 0 Å². The van der Waals surface area contributed by atoms with Crippen LogP contribution in [0.25, 0.3) is 0 Å². The number of nitrogens with zero attached hydrogens (tertiary/aromatic N) is 2. The lowest BCUT2D eigenvalue weighted by Gasteiger charge is -2.06. The van der Waals surface area contributed by atoms with E-state index in [0.717, 1.165) is 24.0 Å². The summed E-state index contributed by atoms with van der Waals surface area (Å²) < 4.78 is 40.3. The fourth-order valence-electron chi connectivity index (χ4n) is 2.83. The van der Waals surface area contributed by atoms with Crippen LogP contribution in [0.1, 0.15) is 36.1 Å². The summed E-state index contributed by atoms with van der Waals surface area (Å²) in [5, 5.41) is 6.94. The molecule has 0 aliphatic carbocycles. The Kier molecular flexibility index (Phi) is 6.53. The molecule has 0 saturated carbocycles. The fourth-order valence-corrected chi connectivity index (χ4v) is 3.86. The van der Waals surface area contributed by atoms with E-state index in [4.69, 9.17) is 0 Å².